The Hall–Kier alpha value is -1.41. The molecule has 269 valence electrons. The van der Waals surface area contributed by atoms with Crippen molar-refractivity contribution in [3.63, 3.8) is 0 Å². The third-order valence-corrected chi connectivity index (χ3v) is 10.4. The quantitative estimate of drug-likeness (QED) is 0.0357. The van der Waals surface area contributed by atoms with Crippen molar-refractivity contribution in [2.45, 2.75) is 69.6 Å². The van der Waals surface area contributed by atoms with E-state index in [1.807, 2.05) is 56.5 Å². The Bertz CT molecular complexity index is 1150. The normalized spacial score (nSPS) is 15.4. The maximum atomic E-state index is 12.8. The zero-order valence-electron chi connectivity index (χ0n) is 32.4. The summed E-state index contributed by atoms with van der Waals surface area (Å²) in [6, 6.07) is 0. The smallest absolute Gasteiger partial charge is 0.388 e. The van der Waals surface area contributed by atoms with E-state index in [2.05, 4.69) is 23.2 Å². The number of hydrogen-bond acceptors (Lipinski definition) is 10. The Morgan fingerprint density at radius 3 is 1.61 bits per heavy atom. The van der Waals surface area contributed by atoms with Gasteiger partial charge in [-0.15, -0.1) is 0 Å². The second kappa shape index (κ2) is 25.3. The fraction of sp³-hybridized carbons (Fsp3) is 0.833. The molecule has 0 atom stereocenters. The SMILES string of the molecule is [B]B(OC(=O)NCC(CNC(=O)OB([B])B(B1[B][B]1)B1[B][B]1)OC(=O)CCC(=O)NCCCOCCOCCOCCC[B]C1CCCC1)B(B1[B][B]1)B1[B][B]1. The Kier molecular flexibility index (Phi) is 20.6. The number of ether oxygens (including phenoxy) is 4. The highest BCUT2D eigenvalue weighted by atomic mass is 16.6. The molecule has 0 aromatic heterocycles. The molecule has 0 aromatic rings. The van der Waals surface area contributed by atoms with Crippen LogP contribution >= 0.6 is 0 Å². The molecule has 32 heteroatoms. The number of nitrogens with one attached hydrogen (secondary N) is 3. The molecule has 0 unspecified atom stereocenters. The van der Waals surface area contributed by atoms with Gasteiger partial charge in [0.15, 0.2) is 0 Å². The molecule has 13 radical (unpaired) electrons. The monoisotopic (exact) mass is 740 g/mol. The molecule has 5 aliphatic rings. The van der Waals surface area contributed by atoms with E-state index in [1.54, 1.807) is 0 Å². The molecular weight excluding hydrogens is 696 g/mol. The van der Waals surface area contributed by atoms with Crippen LogP contribution in [0.3, 0.4) is 0 Å². The van der Waals surface area contributed by atoms with Crippen LogP contribution in [0.2, 0.25) is 12.1 Å². The van der Waals surface area contributed by atoms with E-state index in [0.29, 0.717) is 46.0 Å². The fourth-order valence-corrected chi connectivity index (χ4v) is 6.93. The van der Waals surface area contributed by atoms with Gasteiger partial charge in [0.25, 0.3) is 0 Å². The molecule has 56 heavy (non-hydrogen) atoms. The second-order valence-electron chi connectivity index (χ2n) is 15.1. The van der Waals surface area contributed by atoms with E-state index in [4.69, 9.17) is 43.7 Å². The van der Waals surface area contributed by atoms with Gasteiger partial charge in [-0.25, -0.2) is 9.59 Å². The van der Waals surface area contributed by atoms with Gasteiger partial charge in [-0.2, -0.15) is 0 Å². The number of carbonyl (C=O) groups is 4. The molecule has 0 bridgehead atoms. The third kappa shape index (κ3) is 18.7. The zero-order chi connectivity index (χ0) is 39.5. The van der Waals surface area contributed by atoms with E-state index >= 15 is 0 Å². The zero-order valence-corrected chi connectivity index (χ0v) is 32.4. The van der Waals surface area contributed by atoms with Gasteiger partial charge in [-0.1, -0.05) is 37.8 Å². The molecule has 1 aliphatic carbocycles. The van der Waals surface area contributed by atoms with E-state index in [9.17, 15) is 19.2 Å². The third-order valence-electron chi connectivity index (χ3n) is 10.4. The van der Waals surface area contributed by atoms with Crippen molar-refractivity contribution in [3.05, 3.63) is 0 Å². The van der Waals surface area contributed by atoms with Gasteiger partial charge in [-0.05, 0) is 12.8 Å². The van der Waals surface area contributed by atoms with Crippen molar-refractivity contribution in [1.82, 2.24) is 16.0 Å². The van der Waals surface area contributed by atoms with Crippen LogP contribution < -0.4 is 16.0 Å². The van der Waals surface area contributed by atoms with Crippen molar-refractivity contribution >= 4 is 155 Å². The van der Waals surface area contributed by atoms with Crippen LogP contribution in [0.5, 0.6) is 0 Å². The lowest BCUT2D eigenvalue weighted by Crippen LogP contribution is -2.56. The van der Waals surface area contributed by atoms with Gasteiger partial charge >= 0.3 is 18.2 Å². The van der Waals surface area contributed by atoms with E-state index in [0.717, 1.165) is 25.2 Å². The van der Waals surface area contributed by atoms with Crippen LogP contribution in [0.4, 0.5) is 9.59 Å². The van der Waals surface area contributed by atoms with Crippen molar-refractivity contribution in [2.24, 2.45) is 0 Å². The molecule has 0 aromatic carbocycles. The number of hydrogen-bond donors (Lipinski definition) is 3. The Morgan fingerprint density at radius 2 is 1.12 bits per heavy atom. The highest BCUT2D eigenvalue weighted by molar-refractivity contribution is 8.21. The average Bonchev–Trinajstić information content (AvgIpc) is 3.95. The van der Waals surface area contributed by atoms with Crippen molar-refractivity contribution in [3.8, 4) is 0 Å². The van der Waals surface area contributed by atoms with Gasteiger partial charge in [0.05, 0.1) is 74.2 Å². The summed E-state index contributed by atoms with van der Waals surface area (Å²) in [4.78, 5) is 50.4. The molecule has 1 saturated carbocycles. The molecule has 5 rings (SSSR count). The largest absolute Gasteiger partial charge is 0.540 e. The van der Waals surface area contributed by atoms with Gasteiger partial charge < -0.3 is 44.2 Å². The van der Waals surface area contributed by atoms with Gasteiger partial charge in [0, 0.05) is 108 Å². The summed E-state index contributed by atoms with van der Waals surface area (Å²) in [5, 5.41) is 7.90. The Balaban J connectivity index is 0.902. The molecule has 4 aliphatic heterocycles. The van der Waals surface area contributed by atoms with Gasteiger partial charge in [0.1, 0.15) is 13.4 Å². The van der Waals surface area contributed by atoms with Crippen LogP contribution in [0.15, 0.2) is 0 Å². The van der Waals surface area contributed by atoms with Crippen LogP contribution in [0, 0.1) is 0 Å². The number of amides is 3. The molecule has 13 nitrogen and oxygen atoms in total. The van der Waals surface area contributed by atoms with Crippen LogP contribution in [-0.2, 0) is 37.8 Å². The Morgan fingerprint density at radius 1 is 0.661 bits per heavy atom. The fourth-order valence-electron chi connectivity index (χ4n) is 6.93. The van der Waals surface area contributed by atoms with Crippen molar-refractivity contribution < 1.29 is 47.4 Å². The lowest BCUT2D eigenvalue weighted by atomic mass is 8.73. The van der Waals surface area contributed by atoms with Crippen LogP contribution in [0.1, 0.15) is 51.4 Å². The van der Waals surface area contributed by atoms with Crippen LogP contribution in [0.25, 0.3) is 0 Å². The summed E-state index contributed by atoms with van der Waals surface area (Å²) in [7, 11) is 30.9. The molecule has 4 heterocycles. The molecule has 5 fully saturated rings. The summed E-state index contributed by atoms with van der Waals surface area (Å²) in [6.45, 7) is 1.52. The predicted molar refractivity (Wildman–Crippen MR) is 239 cm³/mol. The topological polar surface area (TPSA) is 160 Å². The van der Waals surface area contributed by atoms with E-state index in [1.165, 1.54) is 25.7 Å². The summed E-state index contributed by atoms with van der Waals surface area (Å²) in [6.07, 6.45) is 5.85. The van der Waals surface area contributed by atoms with Crippen LogP contribution in [-0.4, -0.2) is 220 Å². The highest BCUT2D eigenvalue weighted by Gasteiger charge is 2.52. The first-order valence-corrected chi connectivity index (χ1v) is 20.4. The molecule has 0 spiro atoms. The summed E-state index contributed by atoms with van der Waals surface area (Å²) in [5.41, 5.74) is 0. The van der Waals surface area contributed by atoms with E-state index < -0.39 is 37.7 Å². The summed E-state index contributed by atoms with van der Waals surface area (Å²) < 4.78 is 33.1. The number of rotatable bonds is 31. The molecule has 3 N–H and O–H groups in total. The van der Waals surface area contributed by atoms with Crippen molar-refractivity contribution in [1.29, 1.82) is 0 Å². The minimum atomic E-state index is -1.00. The molecule has 3 amide bonds. The standard InChI is InChI=1S/C24H41B19N3O10/c25-36(42(38-28-29-38)39-30-31-39)55-23(49)45-17-20(18-46-24(50)56-37(26)43(40-32-33-40)41-34-35-41)54-22(48)8-7-21(47)44-10-4-12-52-14-16-53-15-13-51-11-3-9-27-19-5-1-2-6-19/h19-20H,1-18H2,(H,44,47)(H,45,49)(H,46,50). The lowest BCUT2D eigenvalue weighted by molar-refractivity contribution is -0.149. The second-order valence-corrected chi connectivity index (χ2v) is 15.1. The first-order chi connectivity index (χ1) is 27.3. The maximum absolute atomic E-state index is 12.8. The highest BCUT2D eigenvalue weighted by Crippen LogP contribution is 2.30. The summed E-state index contributed by atoms with van der Waals surface area (Å²) >= 11 is 0. The maximum Gasteiger partial charge on any atom is 0.388 e. The summed E-state index contributed by atoms with van der Waals surface area (Å²) in [5.74, 6) is -0.193. The van der Waals surface area contributed by atoms with E-state index in [-0.39, 0.29) is 70.1 Å². The first-order valence-electron chi connectivity index (χ1n) is 20.4. The number of esters is 1. The Labute approximate surface area is 346 Å². The first kappa shape index (κ1) is 45.7. The van der Waals surface area contributed by atoms with Crippen molar-refractivity contribution in [2.75, 3.05) is 59.3 Å². The minimum Gasteiger partial charge on any atom is -0.540 e. The predicted octanol–water partition coefficient (Wildman–Crippen LogP) is -5.36. The number of carbonyl (C=O) groups excluding carboxylic acids is 4. The molecule has 4 saturated heterocycles. The van der Waals surface area contributed by atoms with Gasteiger partial charge in [-0.3, -0.25) is 9.59 Å². The molecular formula is C24H41B19N3O10. The minimum absolute atomic E-state index is 0.0754. The van der Waals surface area contributed by atoms with Gasteiger partial charge in [0.2, 0.25) is 19.3 Å². The average molecular weight is 737 g/mol. The lowest BCUT2D eigenvalue weighted by Gasteiger charge is -2.23.